The van der Waals surface area contributed by atoms with Gasteiger partial charge in [-0.1, -0.05) is 24.3 Å². The van der Waals surface area contributed by atoms with Crippen LogP contribution in [0.3, 0.4) is 0 Å². The lowest BCUT2D eigenvalue weighted by atomic mass is 9.76. The van der Waals surface area contributed by atoms with Crippen LogP contribution < -0.4 is 9.47 Å². The largest absolute Gasteiger partial charge is 0.449 e. The summed E-state index contributed by atoms with van der Waals surface area (Å²) in [6, 6.07) is 11.2. The lowest BCUT2D eigenvalue weighted by molar-refractivity contribution is -0.178. The molecular weight excluding hydrogens is 546 g/mol. The molecule has 0 unspecified atom stereocenters. The summed E-state index contributed by atoms with van der Waals surface area (Å²) in [5.74, 6) is -1.82. The van der Waals surface area contributed by atoms with Gasteiger partial charge in [0.05, 0.1) is 6.54 Å². The molecule has 3 aromatic rings. The Morgan fingerprint density at radius 2 is 1.74 bits per heavy atom. The predicted molar refractivity (Wildman–Crippen MR) is 147 cm³/mol. The smallest absolute Gasteiger partial charge is 0.339 e. The van der Waals surface area contributed by atoms with Crippen LogP contribution in [0.5, 0.6) is 11.5 Å². The number of rotatable bonds is 7. The number of hydrogen-bond acceptors (Lipinski definition) is 10. The second kappa shape index (κ2) is 10.5. The summed E-state index contributed by atoms with van der Waals surface area (Å²) in [7, 11) is 0. The van der Waals surface area contributed by atoms with Crippen molar-refractivity contribution in [2.24, 2.45) is 0 Å². The van der Waals surface area contributed by atoms with E-state index >= 15 is 0 Å². The fourth-order valence-corrected chi connectivity index (χ4v) is 6.21. The van der Waals surface area contributed by atoms with Crippen LogP contribution in [0.15, 0.2) is 36.4 Å². The molecule has 11 nitrogen and oxygen atoms in total. The molecule has 0 saturated carbocycles. The SMILES string of the molecule is CCN1C[C@@H]2O[C@@H](C(=O)O[C@]3(C(C)=O)CCc4c(c(OC(C)=O)c5cc6ccccc6cc5c4OC=O)C3)[C@@H](O2)C1=O. The first-order chi connectivity index (χ1) is 20.2. The average molecular weight is 576 g/mol. The molecule has 0 radical (unpaired) electrons. The van der Waals surface area contributed by atoms with Crippen LogP contribution in [-0.4, -0.2) is 72.2 Å². The molecule has 4 atom stereocenters. The van der Waals surface area contributed by atoms with E-state index in [2.05, 4.69) is 0 Å². The molecule has 11 heteroatoms. The zero-order valence-electron chi connectivity index (χ0n) is 23.3. The Labute approximate surface area is 240 Å². The number of ether oxygens (including phenoxy) is 5. The van der Waals surface area contributed by atoms with Gasteiger partial charge >= 0.3 is 11.9 Å². The van der Waals surface area contributed by atoms with Crippen LogP contribution in [0, 0.1) is 0 Å². The first-order valence-electron chi connectivity index (χ1n) is 13.8. The highest BCUT2D eigenvalue weighted by Gasteiger charge is 2.54. The normalized spacial score (nSPS) is 24.8. The third-order valence-electron chi connectivity index (χ3n) is 8.29. The number of hydrogen-bond donors (Lipinski definition) is 0. The highest BCUT2D eigenvalue weighted by molar-refractivity contribution is 6.06. The van der Waals surface area contributed by atoms with Crippen LogP contribution in [0.25, 0.3) is 21.5 Å². The summed E-state index contributed by atoms with van der Waals surface area (Å²) in [5.41, 5.74) is -0.677. The van der Waals surface area contributed by atoms with Gasteiger partial charge in [0.25, 0.3) is 12.4 Å². The molecule has 2 aliphatic heterocycles. The van der Waals surface area contributed by atoms with Gasteiger partial charge < -0.3 is 28.6 Å². The van der Waals surface area contributed by atoms with E-state index < -0.39 is 41.8 Å². The third-order valence-corrected chi connectivity index (χ3v) is 8.29. The molecule has 0 aromatic heterocycles. The summed E-state index contributed by atoms with van der Waals surface area (Å²) >= 11 is 0. The van der Waals surface area contributed by atoms with E-state index in [-0.39, 0.29) is 43.2 Å². The lowest BCUT2D eigenvalue weighted by Gasteiger charge is -2.37. The highest BCUT2D eigenvalue weighted by atomic mass is 16.7. The van der Waals surface area contributed by atoms with Crippen molar-refractivity contribution in [3.63, 3.8) is 0 Å². The first kappa shape index (κ1) is 27.8. The number of amides is 1. The molecule has 218 valence electrons. The van der Waals surface area contributed by atoms with Gasteiger partial charge in [0.2, 0.25) is 0 Å². The van der Waals surface area contributed by atoms with Gasteiger partial charge in [-0.05, 0) is 49.6 Å². The van der Waals surface area contributed by atoms with Crippen molar-refractivity contribution < 1.29 is 47.7 Å². The number of ketones is 1. The summed E-state index contributed by atoms with van der Waals surface area (Å²) < 4.78 is 28.5. The number of nitrogens with zero attached hydrogens (tertiary/aromatic N) is 1. The third kappa shape index (κ3) is 4.49. The quantitative estimate of drug-likeness (QED) is 0.179. The summed E-state index contributed by atoms with van der Waals surface area (Å²) in [4.78, 5) is 65.1. The Hall–Kier alpha value is -4.35. The van der Waals surface area contributed by atoms with Gasteiger partial charge in [-0.15, -0.1) is 0 Å². The Kier molecular flexibility index (Phi) is 6.94. The molecular formula is C31H29NO10. The van der Waals surface area contributed by atoms with Crippen molar-refractivity contribution in [3.05, 3.63) is 47.5 Å². The maximum absolute atomic E-state index is 13.5. The number of Topliss-reactive ketones (excluding diaryl/α,β-unsaturated/α-hetero) is 1. The monoisotopic (exact) mass is 575 g/mol. The van der Waals surface area contributed by atoms with Gasteiger partial charge in [-0.3, -0.25) is 19.2 Å². The van der Waals surface area contributed by atoms with Crippen LogP contribution in [0.1, 0.15) is 38.3 Å². The van der Waals surface area contributed by atoms with Crippen molar-refractivity contribution in [3.8, 4) is 11.5 Å². The van der Waals surface area contributed by atoms with Gasteiger partial charge in [0.1, 0.15) is 11.5 Å². The van der Waals surface area contributed by atoms with E-state index in [9.17, 15) is 24.0 Å². The molecule has 1 amide bonds. The van der Waals surface area contributed by atoms with E-state index in [1.807, 2.05) is 43.3 Å². The van der Waals surface area contributed by atoms with Crippen molar-refractivity contribution in [2.45, 2.75) is 64.1 Å². The molecule has 2 bridgehead atoms. The van der Waals surface area contributed by atoms with E-state index in [0.717, 1.165) is 10.8 Å². The number of morpholine rings is 1. The Morgan fingerprint density at radius 1 is 1.05 bits per heavy atom. The molecule has 2 saturated heterocycles. The molecule has 0 spiro atoms. The average Bonchev–Trinajstić information content (AvgIpc) is 3.34. The van der Waals surface area contributed by atoms with Crippen LogP contribution in [0.2, 0.25) is 0 Å². The number of likely N-dealkylation sites (N-methyl/N-ethyl adjacent to an activating group) is 1. The van der Waals surface area contributed by atoms with E-state index in [1.165, 1.54) is 13.8 Å². The zero-order valence-corrected chi connectivity index (χ0v) is 23.3. The standard InChI is InChI=1S/C31H29NO10/c1-4-32-14-24-40-27(29(32)36)28(41-24)30(37)42-31(16(2)34)10-9-20-23(13-31)26(39-17(3)35)22-12-19-8-6-5-7-18(19)11-21(22)25(20)38-15-33/h5-8,11-12,15,24,27-28H,4,9-10,13-14H2,1-3H3/t24-,27+,28+,31+/m0/s1. The van der Waals surface area contributed by atoms with Crippen molar-refractivity contribution >= 4 is 51.6 Å². The maximum Gasteiger partial charge on any atom is 0.339 e. The highest BCUT2D eigenvalue weighted by Crippen LogP contribution is 2.48. The number of fused-ring (bicyclic) bond motifs is 5. The predicted octanol–water partition coefficient (Wildman–Crippen LogP) is 2.79. The summed E-state index contributed by atoms with van der Waals surface area (Å²) in [6.45, 7) is 5.35. The van der Waals surface area contributed by atoms with E-state index in [0.29, 0.717) is 34.9 Å². The minimum Gasteiger partial charge on any atom is -0.449 e. The van der Waals surface area contributed by atoms with Gasteiger partial charge in [-0.25, -0.2) is 4.79 Å². The Balaban J connectivity index is 1.45. The van der Waals surface area contributed by atoms with Crippen LogP contribution in [-0.2, 0) is 51.0 Å². The molecule has 0 N–H and O–H groups in total. The van der Waals surface area contributed by atoms with Crippen molar-refractivity contribution in [1.82, 2.24) is 4.90 Å². The van der Waals surface area contributed by atoms with Gasteiger partial charge in [0, 0.05) is 41.8 Å². The molecule has 1 aliphatic carbocycles. The molecule has 2 fully saturated rings. The lowest BCUT2D eigenvalue weighted by Crippen LogP contribution is -2.53. The van der Waals surface area contributed by atoms with Crippen molar-refractivity contribution in [2.75, 3.05) is 13.1 Å². The van der Waals surface area contributed by atoms with E-state index in [4.69, 9.17) is 23.7 Å². The topological polar surface area (TPSA) is 135 Å². The molecule has 3 aromatic carbocycles. The van der Waals surface area contributed by atoms with Crippen LogP contribution >= 0.6 is 0 Å². The zero-order chi connectivity index (χ0) is 29.8. The van der Waals surface area contributed by atoms with Crippen molar-refractivity contribution in [1.29, 1.82) is 0 Å². The Morgan fingerprint density at radius 3 is 2.36 bits per heavy atom. The fraction of sp³-hybridized carbons (Fsp3) is 0.387. The minimum absolute atomic E-state index is 0.0611. The van der Waals surface area contributed by atoms with Gasteiger partial charge in [0.15, 0.2) is 29.9 Å². The summed E-state index contributed by atoms with van der Waals surface area (Å²) in [5, 5.41) is 2.80. The number of carbonyl (C=O) groups excluding carboxylic acids is 5. The fourth-order valence-electron chi connectivity index (χ4n) is 6.21. The second-order valence-electron chi connectivity index (χ2n) is 10.7. The molecule has 3 aliphatic rings. The van der Waals surface area contributed by atoms with Crippen LogP contribution in [0.4, 0.5) is 0 Å². The van der Waals surface area contributed by atoms with E-state index in [1.54, 1.807) is 4.90 Å². The number of esters is 2. The number of benzene rings is 3. The molecule has 42 heavy (non-hydrogen) atoms. The minimum atomic E-state index is -1.66. The maximum atomic E-state index is 13.5. The summed E-state index contributed by atoms with van der Waals surface area (Å²) in [6.07, 6.45) is -3.20. The first-order valence-corrected chi connectivity index (χ1v) is 13.8. The Bertz CT molecular complexity index is 1660. The second-order valence-corrected chi connectivity index (χ2v) is 10.7. The van der Waals surface area contributed by atoms with Gasteiger partial charge in [-0.2, -0.15) is 0 Å². The molecule has 2 heterocycles. The molecule has 6 rings (SSSR count). The number of carbonyl (C=O) groups is 5.